The minimum Gasteiger partial charge on any atom is -0.394 e. The van der Waals surface area contributed by atoms with Crippen LogP contribution in [0.5, 0.6) is 0 Å². The molecule has 0 aromatic rings. The summed E-state index contributed by atoms with van der Waals surface area (Å²) in [4.78, 5) is 11.2. The molecule has 6 heteroatoms. The molecule has 0 rings (SSSR count). The van der Waals surface area contributed by atoms with Gasteiger partial charge in [-0.1, -0.05) is 0 Å². The van der Waals surface area contributed by atoms with Crippen LogP contribution in [-0.2, 0) is 4.79 Å². The first kappa shape index (κ1) is 13.3. The number of carbonyl (C=O) groups is 1. The van der Waals surface area contributed by atoms with Crippen LogP contribution < -0.4 is 11.1 Å². The highest BCUT2D eigenvalue weighted by atomic mass is 16.3. The van der Waals surface area contributed by atoms with E-state index in [1.165, 1.54) is 0 Å². The molecule has 0 atom stereocenters. The summed E-state index contributed by atoms with van der Waals surface area (Å²) in [6.07, 6.45) is 0.752. The van der Waals surface area contributed by atoms with Gasteiger partial charge >= 0.3 is 0 Å². The average Bonchev–Trinajstić information content (AvgIpc) is 2.23. The summed E-state index contributed by atoms with van der Waals surface area (Å²) in [6, 6.07) is 0. The fourth-order valence-corrected chi connectivity index (χ4v) is 0.889. The predicted octanol–water partition coefficient (Wildman–Crippen LogP) is -2.44. The fourth-order valence-electron chi connectivity index (χ4n) is 0.889. The standard InChI is InChI=1S/C8H18N2O4/c9-3-1-2-7(14)10-8(4-11,5-12)6-13/h11-13H,1-6,9H2,(H,10,14). The minimum atomic E-state index is -1.33. The van der Waals surface area contributed by atoms with Crippen LogP contribution in [0, 0.1) is 0 Å². The minimum absolute atomic E-state index is 0.220. The van der Waals surface area contributed by atoms with Crippen molar-refractivity contribution in [2.45, 2.75) is 18.4 Å². The first-order valence-electron chi connectivity index (χ1n) is 4.48. The lowest BCUT2D eigenvalue weighted by Gasteiger charge is -2.28. The van der Waals surface area contributed by atoms with Crippen LogP contribution in [0.4, 0.5) is 0 Å². The maximum atomic E-state index is 11.2. The number of nitrogens with two attached hydrogens (primary N) is 1. The predicted molar refractivity (Wildman–Crippen MR) is 50.4 cm³/mol. The molecule has 84 valence electrons. The molecule has 0 saturated carbocycles. The topological polar surface area (TPSA) is 116 Å². The number of nitrogens with one attached hydrogen (secondary N) is 1. The lowest BCUT2D eigenvalue weighted by molar-refractivity contribution is -0.125. The van der Waals surface area contributed by atoms with Gasteiger partial charge in [0.2, 0.25) is 5.91 Å². The van der Waals surface area contributed by atoms with Crippen molar-refractivity contribution in [2.75, 3.05) is 26.4 Å². The molecular weight excluding hydrogens is 188 g/mol. The molecule has 0 aromatic carbocycles. The number of hydrogen-bond donors (Lipinski definition) is 5. The molecule has 0 spiro atoms. The maximum absolute atomic E-state index is 11.2. The molecule has 6 N–H and O–H groups in total. The molecule has 0 saturated heterocycles. The van der Waals surface area contributed by atoms with Crippen LogP contribution in [0.15, 0.2) is 0 Å². The Morgan fingerprint density at radius 3 is 2.07 bits per heavy atom. The highest BCUT2D eigenvalue weighted by Gasteiger charge is 2.29. The van der Waals surface area contributed by atoms with Crippen molar-refractivity contribution < 1.29 is 20.1 Å². The zero-order valence-electron chi connectivity index (χ0n) is 8.07. The molecule has 0 heterocycles. The Morgan fingerprint density at radius 2 is 1.71 bits per heavy atom. The normalized spacial score (nSPS) is 11.4. The molecule has 0 aliphatic carbocycles. The average molecular weight is 206 g/mol. The highest BCUT2D eigenvalue weighted by molar-refractivity contribution is 5.76. The summed E-state index contributed by atoms with van der Waals surface area (Å²) in [5.41, 5.74) is 3.88. The Hall–Kier alpha value is -0.690. The fraction of sp³-hybridized carbons (Fsp3) is 0.875. The van der Waals surface area contributed by atoms with E-state index in [-0.39, 0.29) is 12.3 Å². The largest absolute Gasteiger partial charge is 0.394 e. The second-order valence-electron chi connectivity index (χ2n) is 3.20. The lowest BCUT2D eigenvalue weighted by Crippen LogP contribution is -2.57. The summed E-state index contributed by atoms with van der Waals surface area (Å²) in [5.74, 6) is -0.340. The van der Waals surface area contributed by atoms with Crippen molar-refractivity contribution in [2.24, 2.45) is 5.73 Å². The van der Waals surface area contributed by atoms with Gasteiger partial charge in [-0.2, -0.15) is 0 Å². The quantitative estimate of drug-likeness (QED) is 0.317. The molecule has 6 nitrogen and oxygen atoms in total. The van der Waals surface area contributed by atoms with Crippen molar-refractivity contribution in [3.05, 3.63) is 0 Å². The molecule has 0 radical (unpaired) electrons. The van der Waals surface area contributed by atoms with E-state index in [0.29, 0.717) is 13.0 Å². The molecule has 0 fully saturated rings. The molecular formula is C8H18N2O4. The summed E-state index contributed by atoms with van der Waals surface area (Å²) < 4.78 is 0. The number of hydrogen-bond acceptors (Lipinski definition) is 5. The van der Waals surface area contributed by atoms with Gasteiger partial charge < -0.3 is 26.4 Å². The van der Waals surface area contributed by atoms with Crippen LogP contribution >= 0.6 is 0 Å². The highest BCUT2D eigenvalue weighted by Crippen LogP contribution is 2.02. The van der Waals surface area contributed by atoms with Crippen molar-refractivity contribution in [1.29, 1.82) is 0 Å². The second-order valence-corrected chi connectivity index (χ2v) is 3.20. The summed E-state index contributed by atoms with van der Waals surface area (Å²) in [5, 5.41) is 29.0. The first-order chi connectivity index (χ1) is 6.64. The Kier molecular flexibility index (Phi) is 6.39. The van der Waals surface area contributed by atoms with Crippen LogP contribution in [0.25, 0.3) is 0 Å². The zero-order chi connectivity index (χ0) is 11.0. The van der Waals surface area contributed by atoms with Crippen LogP contribution in [-0.4, -0.2) is 53.1 Å². The maximum Gasteiger partial charge on any atom is 0.220 e. The van der Waals surface area contributed by atoms with Crippen molar-refractivity contribution in [3.63, 3.8) is 0 Å². The summed E-state index contributed by atoms with van der Waals surface area (Å²) in [7, 11) is 0. The molecule has 0 aromatic heterocycles. The van der Waals surface area contributed by atoms with Gasteiger partial charge in [0, 0.05) is 6.42 Å². The molecule has 0 unspecified atom stereocenters. The van der Waals surface area contributed by atoms with Gasteiger partial charge in [-0.3, -0.25) is 4.79 Å². The molecule has 14 heavy (non-hydrogen) atoms. The monoisotopic (exact) mass is 206 g/mol. The van der Waals surface area contributed by atoms with E-state index in [4.69, 9.17) is 21.1 Å². The Morgan fingerprint density at radius 1 is 1.21 bits per heavy atom. The van der Waals surface area contributed by atoms with Crippen molar-refractivity contribution in [1.82, 2.24) is 5.32 Å². The number of amides is 1. The van der Waals surface area contributed by atoms with Crippen LogP contribution in [0.3, 0.4) is 0 Å². The molecule has 0 bridgehead atoms. The summed E-state index contributed by atoms with van der Waals surface area (Å²) in [6.45, 7) is -1.12. The van der Waals surface area contributed by atoms with Gasteiger partial charge in [-0.25, -0.2) is 0 Å². The molecule has 1 amide bonds. The van der Waals surface area contributed by atoms with E-state index < -0.39 is 25.4 Å². The van der Waals surface area contributed by atoms with Crippen molar-refractivity contribution in [3.8, 4) is 0 Å². The van der Waals surface area contributed by atoms with E-state index >= 15 is 0 Å². The number of aliphatic hydroxyl groups excluding tert-OH is 3. The smallest absolute Gasteiger partial charge is 0.220 e. The third-order valence-corrected chi connectivity index (χ3v) is 1.92. The van der Waals surface area contributed by atoms with E-state index in [9.17, 15) is 4.79 Å². The number of aliphatic hydroxyl groups is 3. The SMILES string of the molecule is NCCCC(=O)NC(CO)(CO)CO. The number of carbonyl (C=O) groups excluding carboxylic acids is 1. The van der Waals surface area contributed by atoms with Crippen LogP contribution in [0.1, 0.15) is 12.8 Å². The van der Waals surface area contributed by atoms with Crippen molar-refractivity contribution >= 4 is 5.91 Å². The van der Waals surface area contributed by atoms with Gasteiger partial charge in [0.25, 0.3) is 0 Å². The Labute approximate surface area is 82.7 Å². The Balaban J connectivity index is 4.08. The first-order valence-corrected chi connectivity index (χ1v) is 4.48. The van der Waals surface area contributed by atoms with Gasteiger partial charge in [0.15, 0.2) is 0 Å². The van der Waals surface area contributed by atoms with E-state index in [0.717, 1.165) is 0 Å². The van der Waals surface area contributed by atoms with Gasteiger partial charge in [-0.15, -0.1) is 0 Å². The third kappa shape index (κ3) is 4.01. The molecule has 0 aliphatic heterocycles. The molecule has 0 aliphatic rings. The Bertz CT molecular complexity index is 162. The number of rotatable bonds is 7. The zero-order valence-corrected chi connectivity index (χ0v) is 8.07. The summed E-state index contributed by atoms with van der Waals surface area (Å²) >= 11 is 0. The van der Waals surface area contributed by atoms with E-state index in [1.807, 2.05) is 0 Å². The van der Waals surface area contributed by atoms with Crippen LogP contribution in [0.2, 0.25) is 0 Å². The van der Waals surface area contributed by atoms with Gasteiger partial charge in [-0.05, 0) is 13.0 Å². The lowest BCUT2D eigenvalue weighted by atomic mass is 10.0. The third-order valence-electron chi connectivity index (χ3n) is 1.92. The van der Waals surface area contributed by atoms with Gasteiger partial charge in [0.1, 0.15) is 5.54 Å². The van der Waals surface area contributed by atoms with E-state index in [2.05, 4.69) is 5.32 Å². The van der Waals surface area contributed by atoms with Gasteiger partial charge in [0.05, 0.1) is 19.8 Å². The van der Waals surface area contributed by atoms with E-state index in [1.54, 1.807) is 0 Å². The second kappa shape index (κ2) is 6.72.